The number of hydrogen-bond donors (Lipinski definition) is 0. The highest BCUT2D eigenvalue weighted by Crippen LogP contribution is 2.20. The summed E-state index contributed by atoms with van der Waals surface area (Å²) >= 11 is 0. The summed E-state index contributed by atoms with van der Waals surface area (Å²) in [4.78, 5) is 25.3. The number of allylic oxidation sites excluding steroid dienone is 2. The van der Waals surface area contributed by atoms with Crippen molar-refractivity contribution in [3.63, 3.8) is 0 Å². The molecule has 1 aromatic rings. The van der Waals surface area contributed by atoms with Gasteiger partial charge in [-0.3, -0.25) is 9.69 Å². The van der Waals surface area contributed by atoms with Crippen LogP contribution in [0, 0.1) is 0 Å². The number of hydrogen-bond acceptors (Lipinski definition) is 3. The number of amides is 1. The third-order valence-corrected chi connectivity index (χ3v) is 3.61. The van der Waals surface area contributed by atoms with Gasteiger partial charge in [-0.2, -0.15) is 0 Å². The largest absolute Gasteiger partial charge is 0.444 e. The Kier molecular flexibility index (Phi) is 5.95. The van der Waals surface area contributed by atoms with Crippen LogP contribution < -0.4 is 0 Å². The number of ether oxygens (including phenoxy) is 1. The van der Waals surface area contributed by atoms with Gasteiger partial charge in [0.2, 0.25) is 0 Å². The Morgan fingerprint density at radius 1 is 1.36 bits per heavy atom. The van der Waals surface area contributed by atoms with Crippen molar-refractivity contribution in [2.24, 2.45) is 0 Å². The predicted octanol–water partition coefficient (Wildman–Crippen LogP) is 3.84. The second-order valence-electron chi connectivity index (χ2n) is 5.31. The van der Waals surface area contributed by atoms with E-state index in [1.54, 1.807) is 0 Å². The number of unbranched alkanes of at least 4 members (excludes halogenated alkanes) is 1. The number of benzene rings is 1. The number of carbonyl (C=O) groups excluding carboxylic acids is 2. The van der Waals surface area contributed by atoms with Crippen molar-refractivity contribution in [1.29, 1.82) is 0 Å². The summed E-state index contributed by atoms with van der Waals surface area (Å²) in [7, 11) is 0. The van der Waals surface area contributed by atoms with Crippen LogP contribution in [0.3, 0.4) is 0 Å². The Balaban J connectivity index is 1.93. The van der Waals surface area contributed by atoms with Crippen LogP contribution in [0.25, 0.3) is 0 Å². The molecule has 116 valence electrons. The van der Waals surface area contributed by atoms with Crippen molar-refractivity contribution in [1.82, 2.24) is 4.90 Å². The van der Waals surface area contributed by atoms with Gasteiger partial charge in [-0.05, 0) is 30.9 Å². The van der Waals surface area contributed by atoms with Crippen LogP contribution in [0.5, 0.6) is 0 Å². The third-order valence-electron chi connectivity index (χ3n) is 3.61. The van der Waals surface area contributed by atoms with E-state index in [4.69, 9.17) is 4.74 Å². The Bertz CT molecular complexity index is 551. The maximum atomic E-state index is 12.2. The quantitative estimate of drug-likeness (QED) is 0.592. The highest BCUT2D eigenvalue weighted by molar-refractivity contribution is 5.92. The van der Waals surface area contributed by atoms with Gasteiger partial charge in [0.25, 0.3) is 0 Å². The number of rotatable bonds is 6. The lowest BCUT2D eigenvalue weighted by Gasteiger charge is -2.30. The van der Waals surface area contributed by atoms with Crippen LogP contribution in [0.1, 0.15) is 31.2 Å². The molecule has 0 bridgehead atoms. The first-order chi connectivity index (χ1) is 10.7. The van der Waals surface area contributed by atoms with Gasteiger partial charge in [-0.1, -0.05) is 36.4 Å². The van der Waals surface area contributed by atoms with Gasteiger partial charge in [-0.15, -0.1) is 6.58 Å². The lowest BCUT2D eigenvalue weighted by molar-refractivity contribution is -0.116. The summed E-state index contributed by atoms with van der Waals surface area (Å²) in [5.41, 5.74) is 0.941. The minimum Gasteiger partial charge on any atom is -0.444 e. The zero-order valence-corrected chi connectivity index (χ0v) is 12.6. The van der Waals surface area contributed by atoms with Gasteiger partial charge < -0.3 is 4.74 Å². The van der Waals surface area contributed by atoms with E-state index in [9.17, 15) is 9.59 Å². The molecule has 1 aliphatic heterocycles. The molecule has 0 aromatic heterocycles. The van der Waals surface area contributed by atoms with Crippen molar-refractivity contribution in [3.05, 3.63) is 60.8 Å². The molecule has 2 rings (SSSR count). The molecule has 1 atom stereocenters. The smallest absolute Gasteiger partial charge is 0.414 e. The maximum Gasteiger partial charge on any atom is 0.414 e. The molecule has 0 radical (unpaired) electrons. The minimum atomic E-state index is -0.406. The van der Waals surface area contributed by atoms with Gasteiger partial charge in [0.1, 0.15) is 6.61 Å². The zero-order valence-electron chi connectivity index (χ0n) is 12.6. The van der Waals surface area contributed by atoms with E-state index >= 15 is 0 Å². The highest BCUT2D eigenvalue weighted by atomic mass is 16.6. The Morgan fingerprint density at radius 3 is 2.86 bits per heavy atom. The standard InChI is InChI=1S/C18H21NO3/c1-2-3-5-10-16-13-17(20)11-12-19(16)18(21)22-14-15-8-6-4-7-9-15/h2,4,6-9,11-12,16H,1,3,5,10,13-14H2. The fourth-order valence-corrected chi connectivity index (χ4v) is 2.43. The molecule has 1 unspecified atom stereocenters. The molecule has 0 N–H and O–H groups in total. The lowest BCUT2D eigenvalue weighted by atomic mass is 10.00. The molecule has 0 saturated heterocycles. The minimum absolute atomic E-state index is 0.0516. The van der Waals surface area contributed by atoms with Gasteiger partial charge in [-0.25, -0.2) is 4.79 Å². The number of nitrogens with zero attached hydrogens (tertiary/aromatic N) is 1. The van der Waals surface area contributed by atoms with Crippen LogP contribution in [-0.4, -0.2) is 22.8 Å². The molecule has 4 heteroatoms. The van der Waals surface area contributed by atoms with Crippen molar-refractivity contribution >= 4 is 11.9 Å². The molecule has 0 spiro atoms. The molecule has 22 heavy (non-hydrogen) atoms. The van der Waals surface area contributed by atoms with Crippen molar-refractivity contribution < 1.29 is 14.3 Å². The van der Waals surface area contributed by atoms with Crippen LogP contribution in [0.15, 0.2) is 55.3 Å². The molecule has 0 aliphatic carbocycles. The predicted molar refractivity (Wildman–Crippen MR) is 85.1 cm³/mol. The van der Waals surface area contributed by atoms with E-state index in [2.05, 4.69) is 6.58 Å². The van der Waals surface area contributed by atoms with E-state index in [-0.39, 0.29) is 18.4 Å². The summed E-state index contributed by atoms with van der Waals surface area (Å²) in [5.74, 6) is 0.0516. The van der Waals surface area contributed by atoms with Crippen LogP contribution in [-0.2, 0) is 16.1 Å². The second kappa shape index (κ2) is 8.17. The molecular formula is C18H21NO3. The molecule has 1 aromatic carbocycles. The Labute approximate surface area is 131 Å². The van der Waals surface area contributed by atoms with Crippen LogP contribution in [0.2, 0.25) is 0 Å². The van der Waals surface area contributed by atoms with Crippen LogP contribution >= 0.6 is 0 Å². The first-order valence-electron chi connectivity index (χ1n) is 7.51. The highest BCUT2D eigenvalue weighted by Gasteiger charge is 2.27. The SMILES string of the molecule is C=CCCCC1CC(=O)C=CN1C(=O)OCc1ccccc1. The fourth-order valence-electron chi connectivity index (χ4n) is 2.43. The second-order valence-corrected chi connectivity index (χ2v) is 5.31. The molecule has 0 saturated carbocycles. The molecule has 1 amide bonds. The average molecular weight is 299 g/mol. The fraction of sp³-hybridized carbons (Fsp3) is 0.333. The van der Waals surface area contributed by atoms with Crippen LogP contribution in [0.4, 0.5) is 4.79 Å². The van der Waals surface area contributed by atoms with E-state index in [1.807, 2.05) is 36.4 Å². The van der Waals surface area contributed by atoms with Crippen molar-refractivity contribution in [2.75, 3.05) is 0 Å². The first-order valence-corrected chi connectivity index (χ1v) is 7.51. The van der Waals surface area contributed by atoms with Crippen molar-refractivity contribution in [2.45, 2.75) is 38.3 Å². The summed E-state index contributed by atoms with van der Waals surface area (Å²) in [6, 6.07) is 9.41. The molecule has 4 nitrogen and oxygen atoms in total. The Morgan fingerprint density at radius 2 is 2.14 bits per heavy atom. The summed E-state index contributed by atoms with van der Waals surface area (Å²) in [6.07, 6.45) is 7.32. The average Bonchev–Trinajstić information content (AvgIpc) is 2.54. The van der Waals surface area contributed by atoms with Gasteiger partial charge in [0, 0.05) is 18.7 Å². The van der Waals surface area contributed by atoms with E-state index in [0.717, 1.165) is 24.8 Å². The van der Waals surface area contributed by atoms with Gasteiger partial charge >= 0.3 is 6.09 Å². The zero-order chi connectivity index (χ0) is 15.8. The third kappa shape index (κ3) is 4.58. The molecule has 1 heterocycles. The molecular weight excluding hydrogens is 278 g/mol. The van der Waals surface area contributed by atoms with Gasteiger partial charge in [0.15, 0.2) is 5.78 Å². The van der Waals surface area contributed by atoms with E-state index in [0.29, 0.717) is 6.42 Å². The summed E-state index contributed by atoms with van der Waals surface area (Å²) in [6.45, 7) is 3.92. The molecule has 1 aliphatic rings. The van der Waals surface area contributed by atoms with Crippen molar-refractivity contribution in [3.8, 4) is 0 Å². The number of carbonyl (C=O) groups is 2. The lowest BCUT2D eigenvalue weighted by Crippen LogP contribution is -2.40. The maximum absolute atomic E-state index is 12.2. The van der Waals surface area contributed by atoms with E-state index in [1.165, 1.54) is 17.2 Å². The summed E-state index contributed by atoms with van der Waals surface area (Å²) in [5, 5.41) is 0. The van der Waals surface area contributed by atoms with Gasteiger partial charge in [0.05, 0.1) is 0 Å². The number of ketones is 1. The normalized spacial score (nSPS) is 17.4. The monoisotopic (exact) mass is 299 g/mol. The Hall–Kier alpha value is -2.36. The first kappa shape index (κ1) is 16.0. The van der Waals surface area contributed by atoms with E-state index < -0.39 is 6.09 Å². The topological polar surface area (TPSA) is 46.6 Å². The molecule has 0 fully saturated rings. The summed E-state index contributed by atoms with van der Waals surface area (Å²) < 4.78 is 5.34.